The van der Waals surface area contributed by atoms with Crippen LogP contribution in [0.15, 0.2) is 30.3 Å². The van der Waals surface area contributed by atoms with Crippen molar-refractivity contribution in [1.29, 1.82) is 0 Å². The summed E-state index contributed by atoms with van der Waals surface area (Å²) in [6.07, 6.45) is 2.23. The van der Waals surface area contributed by atoms with E-state index in [-0.39, 0.29) is 11.9 Å². The van der Waals surface area contributed by atoms with Gasteiger partial charge in [0.25, 0.3) is 0 Å². The highest BCUT2D eigenvalue weighted by molar-refractivity contribution is 5.69. The van der Waals surface area contributed by atoms with Crippen molar-refractivity contribution in [2.45, 2.75) is 45.6 Å². The first-order valence-electron chi connectivity index (χ1n) is 7.88. The first-order chi connectivity index (χ1) is 9.96. The first-order valence-corrected chi connectivity index (χ1v) is 7.88. The van der Waals surface area contributed by atoms with Gasteiger partial charge in [-0.05, 0) is 26.1 Å². The predicted octanol–water partition coefficient (Wildman–Crippen LogP) is 3.83. The van der Waals surface area contributed by atoms with Crippen molar-refractivity contribution < 1.29 is 9.53 Å². The fourth-order valence-electron chi connectivity index (χ4n) is 2.95. The molecule has 2 unspecified atom stereocenters. The molecule has 0 aliphatic heterocycles. The second-order valence-corrected chi connectivity index (χ2v) is 6.00. The summed E-state index contributed by atoms with van der Waals surface area (Å²) < 4.78 is 6.01. The highest BCUT2D eigenvalue weighted by Crippen LogP contribution is 2.39. The molecule has 2 atom stereocenters. The topological polar surface area (TPSA) is 29.5 Å². The Labute approximate surface area is 129 Å². The van der Waals surface area contributed by atoms with Crippen LogP contribution < -0.4 is 0 Å². The lowest BCUT2D eigenvalue weighted by Crippen LogP contribution is -2.43. The number of benzene rings is 1. The molecule has 3 nitrogen and oxygen atoms in total. The zero-order chi connectivity index (χ0) is 15.9. The molecule has 0 spiro atoms. The second kappa shape index (κ2) is 8.18. The molecule has 0 saturated carbocycles. The van der Waals surface area contributed by atoms with Crippen molar-refractivity contribution in [2.75, 3.05) is 20.6 Å². The van der Waals surface area contributed by atoms with E-state index in [1.54, 1.807) is 0 Å². The number of hydrogen-bond acceptors (Lipinski definition) is 3. The fraction of sp³-hybridized carbons (Fsp3) is 0.611. The Bertz CT molecular complexity index is 430. The molecule has 21 heavy (non-hydrogen) atoms. The summed E-state index contributed by atoms with van der Waals surface area (Å²) in [4.78, 5) is 14.2. The van der Waals surface area contributed by atoms with Gasteiger partial charge in [-0.1, -0.05) is 57.5 Å². The minimum atomic E-state index is -0.534. The van der Waals surface area contributed by atoms with Gasteiger partial charge in [0.1, 0.15) is 5.60 Å². The average Bonchev–Trinajstić information content (AvgIpc) is 2.46. The number of carbonyl (C=O) groups excluding carboxylic acids is 1. The van der Waals surface area contributed by atoms with Gasteiger partial charge in [0, 0.05) is 18.9 Å². The van der Waals surface area contributed by atoms with Crippen LogP contribution in [0.5, 0.6) is 0 Å². The van der Waals surface area contributed by atoms with E-state index in [4.69, 9.17) is 4.74 Å². The molecule has 1 rings (SSSR count). The molecule has 0 amide bonds. The molecule has 1 aromatic rings. The zero-order valence-electron chi connectivity index (χ0n) is 14.1. The van der Waals surface area contributed by atoms with Crippen LogP contribution in [0.25, 0.3) is 0 Å². The first kappa shape index (κ1) is 17.7. The van der Waals surface area contributed by atoms with Gasteiger partial charge in [0.05, 0.1) is 0 Å². The lowest BCUT2D eigenvalue weighted by Gasteiger charge is -2.40. The highest BCUT2D eigenvalue weighted by atomic mass is 16.6. The lowest BCUT2D eigenvalue weighted by atomic mass is 9.78. The summed E-state index contributed by atoms with van der Waals surface area (Å²) in [6.45, 7) is 7.04. The number of nitrogens with zero attached hydrogens (tertiary/aromatic N) is 1. The van der Waals surface area contributed by atoms with Gasteiger partial charge in [-0.15, -0.1) is 0 Å². The van der Waals surface area contributed by atoms with Crippen LogP contribution in [0.4, 0.5) is 0 Å². The molecule has 0 fully saturated rings. The van der Waals surface area contributed by atoms with Crippen LogP contribution in [0.2, 0.25) is 0 Å². The van der Waals surface area contributed by atoms with Crippen LogP contribution in [-0.2, 0) is 15.1 Å². The fourth-order valence-corrected chi connectivity index (χ4v) is 2.95. The van der Waals surface area contributed by atoms with Gasteiger partial charge in [-0.25, -0.2) is 0 Å². The van der Waals surface area contributed by atoms with Crippen molar-refractivity contribution in [2.24, 2.45) is 5.92 Å². The standard InChI is InChI=1S/C18H29NO2/c1-6-13-18(21-17(20)7-2,15(3)14-19(4)5)16-11-9-8-10-12-16/h8-12,15H,6-7,13-14H2,1-5H3. The molecule has 3 heteroatoms. The van der Waals surface area contributed by atoms with Gasteiger partial charge in [0.15, 0.2) is 0 Å². The predicted molar refractivity (Wildman–Crippen MR) is 87.1 cm³/mol. The third-order valence-electron chi connectivity index (χ3n) is 3.90. The smallest absolute Gasteiger partial charge is 0.306 e. The minimum absolute atomic E-state index is 0.127. The molecule has 0 aromatic heterocycles. The van der Waals surface area contributed by atoms with E-state index in [0.29, 0.717) is 6.42 Å². The Hall–Kier alpha value is -1.35. The van der Waals surface area contributed by atoms with Crippen molar-refractivity contribution in [3.8, 4) is 0 Å². The zero-order valence-corrected chi connectivity index (χ0v) is 14.1. The molecule has 0 N–H and O–H groups in total. The van der Waals surface area contributed by atoms with Gasteiger partial charge in [0.2, 0.25) is 0 Å². The van der Waals surface area contributed by atoms with Crippen LogP contribution in [-0.4, -0.2) is 31.5 Å². The van der Waals surface area contributed by atoms with Gasteiger partial charge in [-0.2, -0.15) is 0 Å². The normalized spacial score (nSPS) is 15.5. The molecule has 0 aliphatic rings. The number of esters is 1. The number of hydrogen-bond donors (Lipinski definition) is 0. The Morgan fingerprint density at radius 2 is 1.86 bits per heavy atom. The maximum absolute atomic E-state index is 12.0. The van der Waals surface area contributed by atoms with E-state index in [0.717, 1.165) is 24.9 Å². The van der Waals surface area contributed by atoms with Crippen LogP contribution in [0.3, 0.4) is 0 Å². The number of ether oxygens (including phenoxy) is 1. The average molecular weight is 291 g/mol. The molecule has 0 aliphatic carbocycles. The third-order valence-corrected chi connectivity index (χ3v) is 3.90. The van der Waals surface area contributed by atoms with E-state index >= 15 is 0 Å². The van der Waals surface area contributed by atoms with Crippen molar-refractivity contribution >= 4 is 5.97 Å². The molecule has 118 valence electrons. The Kier molecular flexibility index (Phi) is 6.90. The molecular weight excluding hydrogens is 262 g/mol. The highest BCUT2D eigenvalue weighted by Gasteiger charge is 2.40. The van der Waals surface area contributed by atoms with Gasteiger partial charge >= 0.3 is 5.97 Å². The minimum Gasteiger partial charge on any atom is -0.454 e. The van der Waals surface area contributed by atoms with E-state index in [1.807, 2.05) is 25.1 Å². The summed E-state index contributed by atoms with van der Waals surface area (Å²) >= 11 is 0. The Balaban J connectivity index is 3.24. The summed E-state index contributed by atoms with van der Waals surface area (Å²) in [5, 5.41) is 0. The van der Waals surface area contributed by atoms with Crippen molar-refractivity contribution in [3.05, 3.63) is 35.9 Å². The van der Waals surface area contributed by atoms with Crippen molar-refractivity contribution in [3.63, 3.8) is 0 Å². The maximum atomic E-state index is 12.0. The maximum Gasteiger partial charge on any atom is 0.306 e. The van der Waals surface area contributed by atoms with E-state index in [9.17, 15) is 4.79 Å². The Morgan fingerprint density at radius 3 is 2.33 bits per heavy atom. The third kappa shape index (κ3) is 4.57. The van der Waals surface area contributed by atoms with E-state index in [2.05, 4.69) is 45.0 Å². The van der Waals surface area contributed by atoms with Gasteiger partial charge < -0.3 is 9.64 Å². The van der Waals surface area contributed by atoms with Crippen LogP contribution in [0, 0.1) is 5.92 Å². The van der Waals surface area contributed by atoms with Crippen LogP contribution in [0.1, 0.15) is 45.6 Å². The van der Waals surface area contributed by atoms with E-state index in [1.165, 1.54) is 0 Å². The lowest BCUT2D eigenvalue weighted by molar-refractivity contribution is -0.169. The molecule has 0 radical (unpaired) electrons. The van der Waals surface area contributed by atoms with Crippen LogP contribution >= 0.6 is 0 Å². The molecular formula is C18H29NO2. The summed E-state index contributed by atoms with van der Waals surface area (Å²) in [5.74, 6) is 0.100. The summed E-state index contributed by atoms with van der Waals surface area (Å²) in [6, 6.07) is 10.2. The quantitative estimate of drug-likeness (QED) is 0.682. The Morgan fingerprint density at radius 1 is 1.24 bits per heavy atom. The number of carbonyl (C=O) groups is 1. The summed E-state index contributed by atoms with van der Waals surface area (Å²) in [5.41, 5.74) is 0.566. The number of rotatable bonds is 8. The molecule has 0 saturated heterocycles. The largest absolute Gasteiger partial charge is 0.454 e. The van der Waals surface area contributed by atoms with E-state index < -0.39 is 5.60 Å². The molecule has 0 bridgehead atoms. The van der Waals surface area contributed by atoms with Gasteiger partial charge in [-0.3, -0.25) is 4.79 Å². The second-order valence-electron chi connectivity index (χ2n) is 6.00. The van der Waals surface area contributed by atoms with Crippen molar-refractivity contribution in [1.82, 2.24) is 4.90 Å². The monoisotopic (exact) mass is 291 g/mol. The molecule has 1 aromatic carbocycles. The molecule has 0 heterocycles. The summed E-state index contributed by atoms with van der Waals surface area (Å²) in [7, 11) is 4.11. The SMILES string of the molecule is CCCC(OC(=O)CC)(c1ccccc1)C(C)CN(C)C.